The minimum Gasteiger partial charge on any atom is -0.396 e. The summed E-state index contributed by atoms with van der Waals surface area (Å²) >= 11 is 0. The number of hydrogen-bond acceptors (Lipinski definition) is 6. The van der Waals surface area contributed by atoms with Crippen molar-refractivity contribution in [3.05, 3.63) is 43.3 Å². The van der Waals surface area contributed by atoms with Crippen molar-refractivity contribution in [1.29, 1.82) is 0 Å². The van der Waals surface area contributed by atoms with Crippen LogP contribution in [0.15, 0.2) is 23.0 Å². The Hall–Kier alpha value is -2.17. The minimum atomic E-state index is -5.05. The van der Waals surface area contributed by atoms with Crippen LogP contribution in [0.25, 0.3) is 0 Å². The molecule has 0 fully saturated rings. The van der Waals surface area contributed by atoms with Gasteiger partial charge in [-0.05, 0) is 6.92 Å². The Labute approximate surface area is 103 Å². The molecule has 2 unspecified atom stereocenters. The van der Waals surface area contributed by atoms with E-state index in [0.717, 1.165) is 6.92 Å². The number of nitrogens with zero attached hydrogens (tertiary/aromatic N) is 2. The number of halogens is 3. The molecule has 0 saturated heterocycles. The Morgan fingerprint density at radius 2 is 1.84 bits per heavy atom. The summed E-state index contributed by atoms with van der Waals surface area (Å²) in [7, 11) is 0. The van der Waals surface area contributed by atoms with E-state index in [4.69, 9.17) is 11.5 Å². The zero-order valence-corrected chi connectivity index (χ0v) is 9.47. The number of nitrogens with two attached hydrogens (primary N) is 2. The molecule has 0 radical (unpaired) electrons. The molecule has 19 heavy (non-hydrogen) atoms. The Kier molecular flexibility index (Phi) is 3.28. The van der Waals surface area contributed by atoms with Crippen LogP contribution in [-0.2, 0) is 0 Å². The van der Waals surface area contributed by atoms with Crippen LogP contribution in [0.3, 0.4) is 0 Å². The topological polar surface area (TPSA) is 138 Å². The predicted octanol–water partition coefficient (Wildman–Crippen LogP) is 0.298. The van der Waals surface area contributed by atoms with E-state index < -0.39 is 44.6 Å². The van der Waals surface area contributed by atoms with Crippen LogP contribution in [0.5, 0.6) is 0 Å². The summed E-state index contributed by atoms with van der Waals surface area (Å²) in [5.74, 6) is 0. The molecular formula is C8H9F3N4O4. The van der Waals surface area contributed by atoms with Gasteiger partial charge in [0.15, 0.2) is 5.54 Å². The highest BCUT2D eigenvalue weighted by atomic mass is 19.4. The van der Waals surface area contributed by atoms with Gasteiger partial charge in [0.05, 0.1) is 16.2 Å². The third kappa shape index (κ3) is 2.36. The highest BCUT2D eigenvalue weighted by Crippen LogP contribution is 2.38. The van der Waals surface area contributed by atoms with Crippen molar-refractivity contribution < 1.29 is 23.0 Å². The summed E-state index contributed by atoms with van der Waals surface area (Å²) < 4.78 is 37.9. The molecule has 0 aromatic rings. The Morgan fingerprint density at radius 1 is 1.37 bits per heavy atom. The maximum Gasteiger partial charge on any atom is 0.418 e. The first-order valence-electron chi connectivity index (χ1n) is 4.76. The predicted molar refractivity (Wildman–Crippen MR) is 55.7 cm³/mol. The molecule has 0 saturated carbocycles. The van der Waals surface area contributed by atoms with Crippen LogP contribution in [0.4, 0.5) is 13.2 Å². The zero-order chi connectivity index (χ0) is 15.2. The largest absolute Gasteiger partial charge is 0.418 e. The monoisotopic (exact) mass is 282 g/mol. The average molecular weight is 282 g/mol. The SMILES string of the molecule is CC1(N)C([N+](=O)[O-])=CC(C(F)(F)F)=C(N)C1[N+](=O)[O-]. The molecular weight excluding hydrogens is 273 g/mol. The van der Waals surface area contributed by atoms with Crippen LogP contribution in [0, 0.1) is 20.2 Å². The maximum absolute atomic E-state index is 12.6. The second-order valence-corrected chi connectivity index (χ2v) is 4.12. The van der Waals surface area contributed by atoms with Crippen LogP contribution in [0.2, 0.25) is 0 Å². The lowest BCUT2D eigenvalue weighted by Gasteiger charge is -2.30. The van der Waals surface area contributed by atoms with Gasteiger partial charge in [-0.3, -0.25) is 20.2 Å². The van der Waals surface area contributed by atoms with Crippen molar-refractivity contribution in [2.45, 2.75) is 24.7 Å². The van der Waals surface area contributed by atoms with Crippen molar-refractivity contribution in [3.63, 3.8) is 0 Å². The maximum atomic E-state index is 12.6. The molecule has 106 valence electrons. The first-order chi connectivity index (χ1) is 8.40. The van der Waals surface area contributed by atoms with Gasteiger partial charge in [-0.1, -0.05) is 0 Å². The minimum absolute atomic E-state index is 0.134. The van der Waals surface area contributed by atoms with Gasteiger partial charge in [-0.25, -0.2) is 0 Å². The Balaban J connectivity index is 3.61. The Bertz CT molecular complexity index is 509. The van der Waals surface area contributed by atoms with Crippen molar-refractivity contribution in [2.75, 3.05) is 0 Å². The first kappa shape index (κ1) is 14.9. The lowest BCUT2D eigenvalue weighted by Crippen LogP contribution is -2.59. The second-order valence-electron chi connectivity index (χ2n) is 4.12. The molecule has 1 rings (SSSR count). The molecule has 0 amide bonds. The van der Waals surface area contributed by atoms with E-state index in [1.165, 1.54) is 0 Å². The van der Waals surface area contributed by atoms with Gasteiger partial charge in [0.25, 0.3) is 11.7 Å². The molecule has 1 aliphatic rings. The molecule has 0 aromatic heterocycles. The molecule has 0 bridgehead atoms. The van der Waals surface area contributed by atoms with Crippen LogP contribution in [-0.4, -0.2) is 27.6 Å². The Morgan fingerprint density at radius 3 is 2.16 bits per heavy atom. The molecule has 8 nitrogen and oxygen atoms in total. The highest BCUT2D eigenvalue weighted by molar-refractivity contribution is 5.42. The molecule has 0 aromatic carbocycles. The van der Waals surface area contributed by atoms with Crippen molar-refractivity contribution in [1.82, 2.24) is 0 Å². The van der Waals surface area contributed by atoms with E-state index >= 15 is 0 Å². The first-order valence-corrected chi connectivity index (χ1v) is 4.76. The molecule has 0 spiro atoms. The molecule has 1 aliphatic carbocycles. The van der Waals surface area contributed by atoms with E-state index in [-0.39, 0.29) is 6.08 Å². The van der Waals surface area contributed by atoms with Gasteiger partial charge in [0, 0.05) is 11.0 Å². The van der Waals surface area contributed by atoms with E-state index in [1.807, 2.05) is 0 Å². The summed E-state index contributed by atoms with van der Waals surface area (Å²) in [5, 5.41) is 21.5. The third-order valence-electron chi connectivity index (χ3n) is 2.72. The summed E-state index contributed by atoms with van der Waals surface area (Å²) in [6.45, 7) is 0.884. The van der Waals surface area contributed by atoms with Crippen molar-refractivity contribution in [3.8, 4) is 0 Å². The van der Waals surface area contributed by atoms with Gasteiger partial charge < -0.3 is 11.5 Å². The summed E-state index contributed by atoms with van der Waals surface area (Å²) in [6.07, 6.45) is -4.91. The number of alkyl halides is 3. The molecule has 0 aliphatic heterocycles. The van der Waals surface area contributed by atoms with Crippen molar-refractivity contribution >= 4 is 0 Å². The summed E-state index contributed by atoms with van der Waals surface area (Å²) in [6, 6.07) is -2.23. The zero-order valence-electron chi connectivity index (χ0n) is 9.47. The molecule has 2 atom stereocenters. The normalized spacial score (nSPS) is 28.1. The van der Waals surface area contributed by atoms with Gasteiger partial charge in [-0.2, -0.15) is 13.2 Å². The number of allylic oxidation sites excluding steroid dienone is 2. The van der Waals surface area contributed by atoms with E-state index in [2.05, 4.69) is 0 Å². The fourth-order valence-corrected chi connectivity index (χ4v) is 1.81. The van der Waals surface area contributed by atoms with Gasteiger partial charge in [0.2, 0.25) is 0 Å². The van der Waals surface area contributed by atoms with E-state index in [1.54, 1.807) is 0 Å². The summed E-state index contributed by atoms with van der Waals surface area (Å²) in [5.41, 5.74) is 4.42. The van der Waals surface area contributed by atoms with Crippen LogP contribution >= 0.6 is 0 Å². The number of nitro groups is 2. The van der Waals surface area contributed by atoms with Crippen LogP contribution in [0.1, 0.15) is 6.92 Å². The fourth-order valence-electron chi connectivity index (χ4n) is 1.81. The standard InChI is InChI=1S/C8H9F3N4O4/c1-7(13)4(14(16)17)2-3(8(9,10)11)5(12)6(7)15(18)19/h2,6H,12-13H2,1H3. The van der Waals surface area contributed by atoms with Gasteiger partial charge in [-0.15, -0.1) is 0 Å². The average Bonchev–Trinajstić information content (AvgIpc) is 2.11. The van der Waals surface area contributed by atoms with E-state index in [9.17, 15) is 33.4 Å². The third-order valence-corrected chi connectivity index (χ3v) is 2.72. The van der Waals surface area contributed by atoms with Gasteiger partial charge >= 0.3 is 6.18 Å². The molecule has 4 N–H and O–H groups in total. The smallest absolute Gasteiger partial charge is 0.396 e. The molecule has 0 heterocycles. The highest BCUT2D eigenvalue weighted by Gasteiger charge is 2.57. The lowest BCUT2D eigenvalue weighted by atomic mass is 9.81. The quantitative estimate of drug-likeness (QED) is 0.551. The lowest BCUT2D eigenvalue weighted by molar-refractivity contribution is -0.533. The van der Waals surface area contributed by atoms with Gasteiger partial charge in [0.1, 0.15) is 0 Å². The van der Waals surface area contributed by atoms with E-state index in [0.29, 0.717) is 0 Å². The molecule has 11 heteroatoms. The number of rotatable bonds is 2. The number of hydrogen-bond donors (Lipinski definition) is 2. The van der Waals surface area contributed by atoms with Crippen LogP contribution < -0.4 is 11.5 Å². The summed E-state index contributed by atoms with van der Waals surface area (Å²) in [4.78, 5) is 19.2. The fraction of sp³-hybridized carbons (Fsp3) is 0.500. The second kappa shape index (κ2) is 4.19. The van der Waals surface area contributed by atoms with Crippen molar-refractivity contribution in [2.24, 2.45) is 11.5 Å².